The van der Waals surface area contributed by atoms with Crippen molar-refractivity contribution in [3.05, 3.63) is 69.0 Å². The van der Waals surface area contributed by atoms with Gasteiger partial charge < -0.3 is 5.32 Å². The van der Waals surface area contributed by atoms with E-state index in [-0.39, 0.29) is 16.7 Å². The monoisotopic (exact) mass is 311 g/mol. The molecular formula is C15H12Cl2FNO. The van der Waals surface area contributed by atoms with E-state index in [1.165, 1.54) is 6.07 Å². The first-order chi connectivity index (χ1) is 9.49. The van der Waals surface area contributed by atoms with Gasteiger partial charge in [-0.15, -0.1) is 0 Å². The Morgan fingerprint density at radius 1 is 1.25 bits per heavy atom. The molecule has 2 nitrogen and oxygen atoms in total. The van der Waals surface area contributed by atoms with Gasteiger partial charge in [-0.3, -0.25) is 4.79 Å². The Kier molecular flexibility index (Phi) is 4.63. The van der Waals surface area contributed by atoms with Gasteiger partial charge >= 0.3 is 0 Å². The standard InChI is InChI=1S/C15H12Cl2FNO/c1-9-7-10(5-6-13(9)18)8-19-15(20)11-3-2-4-12(16)14(11)17/h2-7H,8H2,1H3,(H,19,20). The number of aryl methyl sites for hydroxylation is 1. The molecule has 0 aliphatic carbocycles. The minimum Gasteiger partial charge on any atom is -0.348 e. The largest absolute Gasteiger partial charge is 0.348 e. The fraction of sp³-hybridized carbons (Fsp3) is 0.133. The molecule has 0 unspecified atom stereocenters. The van der Waals surface area contributed by atoms with Crippen LogP contribution in [0.15, 0.2) is 36.4 Å². The second kappa shape index (κ2) is 6.25. The molecule has 0 atom stereocenters. The Morgan fingerprint density at radius 3 is 2.70 bits per heavy atom. The van der Waals surface area contributed by atoms with Gasteiger partial charge in [-0.25, -0.2) is 4.39 Å². The van der Waals surface area contributed by atoms with Crippen LogP contribution in [0.2, 0.25) is 10.0 Å². The van der Waals surface area contributed by atoms with E-state index in [0.29, 0.717) is 22.7 Å². The van der Waals surface area contributed by atoms with Crippen molar-refractivity contribution in [3.8, 4) is 0 Å². The number of nitrogens with one attached hydrogen (secondary N) is 1. The molecule has 0 aliphatic rings. The zero-order valence-electron chi connectivity index (χ0n) is 10.7. The van der Waals surface area contributed by atoms with Crippen LogP contribution < -0.4 is 5.32 Å². The highest BCUT2D eigenvalue weighted by atomic mass is 35.5. The summed E-state index contributed by atoms with van der Waals surface area (Å²) in [6, 6.07) is 9.56. The number of halogens is 3. The molecule has 0 aromatic heterocycles. The lowest BCUT2D eigenvalue weighted by molar-refractivity contribution is 0.0951. The number of carbonyl (C=O) groups excluding carboxylic acids is 1. The second-order valence-electron chi connectivity index (χ2n) is 4.37. The minimum atomic E-state index is -0.320. The number of benzene rings is 2. The summed E-state index contributed by atoms with van der Waals surface area (Å²) in [5.74, 6) is -0.586. The lowest BCUT2D eigenvalue weighted by Gasteiger charge is -2.08. The highest BCUT2D eigenvalue weighted by Crippen LogP contribution is 2.25. The molecule has 0 spiro atoms. The Labute approximate surface area is 126 Å². The highest BCUT2D eigenvalue weighted by molar-refractivity contribution is 6.43. The van der Waals surface area contributed by atoms with Crippen LogP contribution in [0, 0.1) is 12.7 Å². The molecule has 0 bridgehead atoms. The van der Waals surface area contributed by atoms with Crippen molar-refractivity contribution in [3.63, 3.8) is 0 Å². The lowest BCUT2D eigenvalue weighted by atomic mass is 10.1. The smallest absolute Gasteiger partial charge is 0.253 e. The molecule has 0 saturated heterocycles. The molecule has 1 amide bonds. The first kappa shape index (κ1) is 14.8. The van der Waals surface area contributed by atoms with Gasteiger partial charge in [0.25, 0.3) is 5.91 Å². The van der Waals surface area contributed by atoms with Crippen molar-refractivity contribution in [1.82, 2.24) is 5.32 Å². The number of carbonyl (C=O) groups is 1. The maximum atomic E-state index is 13.1. The van der Waals surface area contributed by atoms with E-state index >= 15 is 0 Å². The van der Waals surface area contributed by atoms with Crippen molar-refractivity contribution in [2.75, 3.05) is 0 Å². The number of amides is 1. The molecule has 1 N–H and O–H groups in total. The minimum absolute atomic E-state index is 0.224. The van der Waals surface area contributed by atoms with E-state index in [1.54, 1.807) is 37.3 Å². The maximum absolute atomic E-state index is 13.1. The molecule has 0 saturated carbocycles. The lowest BCUT2D eigenvalue weighted by Crippen LogP contribution is -2.23. The molecule has 104 valence electrons. The number of hydrogen-bond donors (Lipinski definition) is 1. The van der Waals surface area contributed by atoms with Gasteiger partial charge in [0, 0.05) is 6.54 Å². The van der Waals surface area contributed by atoms with Gasteiger partial charge in [-0.05, 0) is 36.2 Å². The second-order valence-corrected chi connectivity index (χ2v) is 5.15. The predicted octanol–water partition coefficient (Wildman–Crippen LogP) is 4.37. The van der Waals surface area contributed by atoms with Crippen molar-refractivity contribution >= 4 is 29.1 Å². The van der Waals surface area contributed by atoms with E-state index in [2.05, 4.69) is 5.32 Å². The average molecular weight is 312 g/mol. The quantitative estimate of drug-likeness (QED) is 0.896. The van der Waals surface area contributed by atoms with Crippen molar-refractivity contribution in [2.24, 2.45) is 0 Å². The molecule has 20 heavy (non-hydrogen) atoms. The Morgan fingerprint density at radius 2 is 2.00 bits per heavy atom. The third-order valence-electron chi connectivity index (χ3n) is 2.87. The number of rotatable bonds is 3. The third kappa shape index (κ3) is 3.30. The molecule has 2 aromatic carbocycles. The molecular weight excluding hydrogens is 300 g/mol. The SMILES string of the molecule is Cc1cc(CNC(=O)c2cccc(Cl)c2Cl)ccc1F. The average Bonchev–Trinajstić information content (AvgIpc) is 2.43. The predicted molar refractivity (Wildman–Crippen MR) is 78.8 cm³/mol. The third-order valence-corrected chi connectivity index (χ3v) is 3.69. The van der Waals surface area contributed by atoms with Gasteiger partial charge in [0.05, 0.1) is 15.6 Å². The molecule has 5 heteroatoms. The van der Waals surface area contributed by atoms with Gasteiger partial charge in [-0.1, -0.05) is 41.4 Å². The molecule has 2 aromatic rings. The normalized spacial score (nSPS) is 10.4. The molecule has 2 rings (SSSR count). The fourth-order valence-electron chi connectivity index (χ4n) is 1.77. The summed E-state index contributed by atoms with van der Waals surface area (Å²) >= 11 is 11.8. The zero-order chi connectivity index (χ0) is 14.7. The maximum Gasteiger partial charge on any atom is 0.253 e. The molecule has 0 radical (unpaired) electrons. The van der Waals surface area contributed by atoms with E-state index < -0.39 is 0 Å². The first-order valence-electron chi connectivity index (χ1n) is 5.96. The summed E-state index contributed by atoms with van der Waals surface area (Å²) in [5, 5.41) is 3.28. The summed E-state index contributed by atoms with van der Waals surface area (Å²) in [6.45, 7) is 1.97. The van der Waals surface area contributed by atoms with Crippen molar-refractivity contribution < 1.29 is 9.18 Å². The van der Waals surface area contributed by atoms with Crippen LogP contribution in [-0.2, 0) is 6.54 Å². The van der Waals surface area contributed by atoms with E-state index in [0.717, 1.165) is 5.56 Å². The van der Waals surface area contributed by atoms with Crippen LogP contribution in [0.1, 0.15) is 21.5 Å². The van der Waals surface area contributed by atoms with Crippen LogP contribution in [-0.4, -0.2) is 5.91 Å². The van der Waals surface area contributed by atoms with Gasteiger partial charge in [-0.2, -0.15) is 0 Å². The topological polar surface area (TPSA) is 29.1 Å². The van der Waals surface area contributed by atoms with Crippen molar-refractivity contribution in [1.29, 1.82) is 0 Å². The van der Waals surface area contributed by atoms with Crippen LogP contribution in [0.3, 0.4) is 0 Å². The Bertz CT molecular complexity index is 658. The summed E-state index contributed by atoms with van der Waals surface area (Å²) in [5.41, 5.74) is 1.67. The molecule has 0 aliphatic heterocycles. The van der Waals surface area contributed by atoms with Crippen molar-refractivity contribution in [2.45, 2.75) is 13.5 Å². The van der Waals surface area contributed by atoms with Crippen LogP contribution in [0.4, 0.5) is 4.39 Å². The van der Waals surface area contributed by atoms with Gasteiger partial charge in [0.15, 0.2) is 0 Å². The Hall–Kier alpha value is -1.58. The highest BCUT2D eigenvalue weighted by Gasteiger charge is 2.12. The van der Waals surface area contributed by atoms with Crippen LogP contribution >= 0.6 is 23.2 Å². The van der Waals surface area contributed by atoms with E-state index in [9.17, 15) is 9.18 Å². The Balaban J connectivity index is 2.08. The molecule has 0 heterocycles. The summed E-state index contributed by atoms with van der Waals surface area (Å²) in [4.78, 5) is 12.0. The van der Waals surface area contributed by atoms with E-state index in [1.807, 2.05) is 0 Å². The zero-order valence-corrected chi connectivity index (χ0v) is 12.2. The summed E-state index contributed by atoms with van der Waals surface area (Å²) in [7, 11) is 0. The first-order valence-corrected chi connectivity index (χ1v) is 6.72. The van der Waals surface area contributed by atoms with Gasteiger partial charge in [0.2, 0.25) is 0 Å². The summed E-state index contributed by atoms with van der Waals surface area (Å²) < 4.78 is 13.1. The molecule has 0 fully saturated rings. The summed E-state index contributed by atoms with van der Waals surface area (Å²) in [6.07, 6.45) is 0. The number of hydrogen-bond acceptors (Lipinski definition) is 1. The van der Waals surface area contributed by atoms with Crippen LogP contribution in [0.25, 0.3) is 0 Å². The van der Waals surface area contributed by atoms with Crippen LogP contribution in [0.5, 0.6) is 0 Å². The fourth-order valence-corrected chi connectivity index (χ4v) is 2.16. The van der Waals surface area contributed by atoms with Gasteiger partial charge in [0.1, 0.15) is 5.82 Å². The van der Waals surface area contributed by atoms with E-state index in [4.69, 9.17) is 23.2 Å².